The molecule has 44 heavy (non-hydrogen) atoms. The van der Waals surface area contributed by atoms with E-state index in [-0.39, 0.29) is 11.6 Å². The summed E-state index contributed by atoms with van der Waals surface area (Å²) in [4.78, 5) is 9.17. The van der Waals surface area contributed by atoms with Crippen LogP contribution in [0, 0.1) is 34.6 Å². The molecule has 0 unspecified atom stereocenters. The predicted molar refractivity (Wildman–Crippen MR) is 189 cm³/mol. The molecule has 1 aromatic heterocycles. The molecule has 2 nitrogen and oxygen atoms in total. The molecule has 0 N–H and O–H groups in total. The second-order valence-corrected chi connectivity index (χ2v) is 25.1. The van der Waals surface area contributed by atoms with Gasteiger partial charge in [0.15, 0.2) is 0 Å². The summed E-state index contributed by atoms with van der Waals surface area (Å²) in [6, 6.07) is 11.3. The van der Waals surface area contributed by atoms with E-state index in [2.05, 4.69) is 116 Å². The minimum Gasteiger partial charge on any atom is -0.236 e. The molecule has 2 aromatic carbocycles. The topological polar surface area (TPSA) is 25.8 Å². The van der Waals surface area contributed by atoms with Crippen LogP contribution in [0.15, 0.2) is 48.8 Å². The van der Waals surface area contributed by atoms with Crippen molar-refractivity contribution in [3.63, 3.8) is 0 Å². The van der Waals surface area contributed by atoms with Crippen LogP contribution in [-0.4, -0.2) is 26.1 Å². The average molecular weight is 629 g/mol. The van der Waals surface area contributed by atoms with E-state index in [1.165, 1.54) is 30.6 Å². The van der Waals surface area contributed by atoms with Crippen molar-refractivity contribution in [2.24, 2.45) is 0 Å². The zero-order valence-corrected chi connectivity index (χ0v) is 30.7. The molecule has 0 aliphatic carbocycles. The molecule has 0 saturated carbocycles. The number of hydrogen-bond donors (Lipinski definition) is 0. The van der Waals surface area contributed by atoms with Gasteiger partial charge in [0.2, 0.25) is 0 Å². The summed E-state index contributed by atoms with van der Waals surface area (Å²) in [6.45, 7) is 27.2. The van der Waals surface area contributed by atoms with Crippen LogP contribution in [0.1, 0.15) is 94.2 Å². The van der Waals surface area contributed by atoms with Crippen molar-refractivity contribution in [2.75, 3.05) is 0 Å². The molecule has 0 radical (unpaired) electrons. The first-order chi connectivity index (χ1) is 20.6. The van der Waals surface area contributed by atoms with Gasteiger partial charge >= 0.3 is 0 Å². The average Bonchev–Trinajstić information content (AvgIpc) is 2.93. The maximum absolute atomic E-state index is 14.6. The maximum Gasteiger partial charge on any atom is 0.146 e. The molecule has 234 valence electrons. The molecule has 0 atom stereocenters. The Kier molecular flexibility index (Phi) is 11.6. The van der Waals surface area contributed by atoms with E-state index in [9.17, 15) is 8.78 Å². The number of rotatable bonds is 8. The molecule has 1 heterocycles. The number of benzene rings is 2. The van der Waals surface area contributed by atoms with Gasteiger partial charge < -0.3 is 0 Å². The lowest BCUT2D eigenvalue weighted by molar-refractivity contribution is 0.627. The van der Waals surface area contributed by atoms with Gasteiger partial charge in [0.05, 0.1) is 11.4 Å². The molecule has 0 fully saturated rings. The van der Waals surface area contributed by atoms with Gasteiger partial charge in [0, 0.05) is 22.3 Å². The van der Waals surface area contributed by atoms with E-state index in [1.54, 1.807) is 12.1 Å². The fraction of sp³-hybridized carbons (Fsp3) is 0.474. The molecule has 0 bridgehead atoms. The standard InChI is InChI=1S/C38H50F2N2Si2/c1-25(2)43(26(3)4,27(5)6)19-17-31-21-33(39)13-15-35(31)37-23-38(42-24-41-37)36-16-14-34(40)22-32(36)18-20-44(28(7)8,29(9)10)30(11)12/h13-16,21-30H,1-12H3. The van der Waals surface area contributed by atoms with E-state index >= 15 is 0 Å². The fourth-order valence-electron chi connectivity index (χ4n) is 7.56. The first-order valence-corrected chi connectivity index (χ1v) is 20.5. The van der Waals surface area contributed by atoms with Crippen LogP contribution in [0.5, 0.6) is 0 Å². The molecule has 0 aliphatic heterocycles. The molecular formula is C38H50F2N2Si2. The Morgan fingerprint density at radius 3 is 1.11 bits per heavy atom. The summed E-state index contributed by atoms with van der Waals surface area (Å²) in [6.07, 6.45) is 1.51. The Hall–Kier alpha value is -3.07. The summed E-state index contributed by atoms with van der Waals surface area (Å²) >= 11 is 0. The van der Waals surface area contributed by atoms with Crippen molar-refractivity contribution in [3.8, 4) is 45.4 Å². The van der Waals surface area contributed by atoms with E-state index in [0.717, 1.165) is 11.1 Å². The highest BCUT2D eigenvalue weighted by Crippen LogP contribution is 2.42. The van der Waals surface area contributed by atoms with Crippen LogP contribution in [0.4, 0.5) is 8.78 Å². The zero-order valence-electron chi connectivity index (χ0n) is 28.7. The van der Waals surface area contributed by atoms with Crippen LogP contribution in [0.25, 0.3) is 22.5 Å². The lowest BCUT2D eigenvalue weighted by Crippen LogP contribution is -2.43. The largest absolute Gasteiger partial charge is 0.236 e. The van der Waals surface area contributed by atoms with Crippen molar-refractivity contribution < 1.29 is 8.78 Å². The van der Waals surface area contributed by atoms with E-state index in [1.807, 2.05) is 6.07 Å². The van der Waals surface area contributed by atoms with Gasteiger partial charge in [0.25, 0.3) is 0 Å². The third-order valence-corrected chi connectivity index (χ3v) is 22.3. The SMILES string of the molecule is CC(C)[Si](C#Cc1cc(F)ccc1-c1cc(-c2ccc(F)cc2C#C[Si](C(C)C)(C(C)C)C(C)C)ncn1)(C(C)C)C(C)C. The normalized spacial score (nSPS) is 12.3. The van der Waals surface area contributed by atoms with Crippen LogP contribution in [0.2, 0.25) is 33.2 Å². The lowest BCUT2D eigenvalue weighted by Gasteiger charge is -2.38. The highest BCUT2D eigenvalue weighted by molar-refractivity contribution is 6.91. The maximum atomic E-state index is 14.6. The summed E-state index contributed by atoms with van der Waals surface area (Å²) in [5.41, 5.74) is 14.2. The predicted octanol–water partition coefficient (Wildman–Crippen LogP) is 11.2. The first-order valence-electron chi connectivity index (χ1n) is 16.1. The van der Waals surface area contributed by atoms with E-state index in [4.69, 9.17) is 0 Å². The van der Waals surface area contributed by atoms with Crippen LogP contribution < -0.4 is 0 Å². The minimum absolute atomic E-state index is 0.331. The Morgan fingerprint density at radius 2 is 0.818 bits per heavy atom. The van der Waals surface area contributed by atoms with Crippen molar-refractivity contribution in [1.82, 2.24) is 9.97 Å². The summed E-state index contributed by atoms with van der Waals surface area (Å²) in [5, 5.41) is 0. The number of halogens is 2. The molecule has 0 spiro atoms. The minimum atomic E-state index is -2.04. The second-order valence-electron chi connectivity index (χ2n) is 14.0. The Balaban J connectivity index is 2.21. The summed E-state index contributed by atoms with van der Waals surface area (Å²) < 4.78 is 29.2. The van der Waals surface area contributed by atoms with Gasteiger partial charge in [0.1, 0.15) is 34.1 Å². The fourth-order valence-corrected chi connectivity index (χ4v) is 18.0. The van der Waals surface area contributed by atoms with Gasteiger partial charge in [-0.1, -0.05) is 94.9 Å². The molecular weight excluding hydrogens is 579 g/mol. The highest BCUT2D eigenvalue weighted by Gasteiger charge is 2.42. The molecule has 6 heteroatoms. The van der Waals surface area contributed by atoms with Gasteiger partial charge in [-0.15, -0.1) is 11.1 Å². The van der Waals surface area contributed by atoms with Crippen molar-refractivity contribution in [2.45, 2.75) is 116 Å². The number of hydrogen-bond acceptors (Lipinski definition) is 2. The quantitative estimate of drug-likeness (QED) is 0.183. The van der Waals surface area contributed by atoms with Gasteiger partial charge in [-0.3, -0.25) is 0 Å². The Morgan fingerprint density at radius 1 is 0.500 bits per heavy atom. The van der Waals surface area contributed by atoms with Crippen molar-refractivity contribution in [3.05, 3.63) is 71.6 Å². The molecule has 3 rings (SSSR count). The molecule has 0 amide bonds. The van der Waals surface area contributed by atoms with Crippen LogP contribution in [0.3, 0.4) is 0 Å². The first kappa shape index (κ1) is 35.4. The van der Waals surface area contributed by atoms with Crippen LogP contribution in [-0.2, 0) is 0 Å². The monoisotopic (exact) mass is 628 g/mol. The smallest absolute Gasteiger partial charge is 0.146 e. The van der Waals surface area contributed by atoms with E-state index in [0.29, 0.717) is 55.8 Å². The zero-order chi connectivity index (χ0) is 33.0. The molecule has 0 saturated heterocycles. The second kappa shape index (κ2) is 14.4. The Bertz CT molecular complexity index is 1430. The summed E-state index contributed by atoms with van der Waals surface area (Å²) in [7, 11) is -4.08. The van der Waals surface area contributed by atoms with Crippen LogP contribution >= 0.6 is 0 Å². The summed E-state index contributed by atoms with van der Waals surface area (Å²) in [5.74, 6) is 6.19. The lowest BCUT2D eigenvalue weighted by atomic mass is 10.0. The van der Waals surface area contributed by atoms with Crippen molar-refractivity contribution >= 4 is 16.1 Å². The van der Waals surface area contributed by atoms with Gasteiger partial charge in [-0.05, 0) is 75.7 Å². The molecule has 0 aliphatic rings. The third-order valence-electron chi connectivity index (χ3n) is 9.74. The number of nitrogens with zero attached hydrogens (tertiary/aromatic N) is 2. The van der Waals surface area contributed by atoms with Gasteiger partial charge in [-0.2, -0.15) is 0 Å². The van der Waals surface area contributed by atoms with E-state index < -0.39 is 16.1 Å². The van der Waals surface area contributed by atoms with Crippen molar-refractivity contribution in [1.29, 1.82) is 0 Å². The number of aromatic nitrogens is 2. The van der Waals surface area contributed by atoms with Gasteiger partial charge in [-0.25, -0.2) is 18.7 Å². The Labute approximate surface area is 267 Å². The molecule has 3 aromatic rings. The highest BCUT2D eigenvalue weighted by atomic mass is 28.3. The third kappa shape index (κ3) is 7.08.